The molecule has 1 aliphatic rings. The molecule has 1 atom stereocenters. The number of guanidine groups is 1. The van der Waals surface area contributed by atoms with Crippen molar-refractivity contribution in [1.29, 1.82) is 0 Å². The summed E-state index contributed by atoms with van der Waals surface area (Å²) < 4.78 is 11.1. The van der Waals surface area contributed by atoms with Gasteiger partial charge in [-0.25, -0.2) is 0 Å². The third-order valence-corrected chi connectivity index (χ3v) is 3.84. The summed E-state index contributed by atoms with van der Waals surface area (Å²) in [5.74, 6) is 0.447. The van der Waals surface area contributed by atoms with Crippen LogP contribution in [0.1, 0.15) is 30.4 Å². The minimum Gasteiger partial charge on any atom is -0.379 e. The topological polar surface area (TPSA) is 68.9 Å². The first-order valence-corrected chi connectivity index (χ1v) is 7.98. The Labute approximate surface area is 156 Å². The first-order chi connectivity index (χ1) is 10.6. The van der Waals surface area contributed by atoms with Crippen LogP contribution in [-0.2, 0) is 9.47 Å². The molecule has 1 aliphatic heterocycles. The van der Waals surface area contributed by atoms with E-state index in [-0.39, 0.29) is 24.0 Å². The van der Waals surface area contributed by atoms with Crippen molar-refractivity contribution >= 4 is 35.6 Å². The van der Waals surface area contributed by atoms with Crippen LogP contribution in [0, 0.1) is 13.8 Å². The Morgan fingerprint density at radius 3 is 2.91 bits per heavy atom. The highest BCUT2D eigenvalue weighted by Crippen LogP contribution is 2.14. The highest BCUT2D eigenvalue weighted by molar-refractivity contribution is 14.0. The molecule has 1 heterocycles. The number of aliphatic imine (C=N–C) groups is 1. The highest BCUT2D eigenvalue weighted by atomic mass is 127. The Kier molecular flexibility index (Phi) is 9.50. The maximum Gasteiger partial charge on any atom is 0.193 e. The quantitative estimate of drug-likeness (QED) is 0.300. The number of aryl methyl sites for hydroxylation is 2. The molecule has 0 spiro atoms. The number of benzene rings is 1. The molecular weight excluding hydrogens is 405 g/mol. The predicted molar refractivity (Wildman–Crippen MR) is 106 cm³/mol. The fourth-order valence-corrected chi connectivity index (χ4v) is 2.36. The lowest BCUT2D eigenvalue weighted by molar-refractivity contribution is 0.0171. The molecule has 130 valence electrons. The van der Waals surface area contributed by atoms with Crippen LogP contribution >= 0.6 is 24.0 Å². The molecule has 0 radical (unpaired) electrons. The molecule has 1 aromatic carbocycles. The van der Waals surface area contributed by atoms with Crippen molar-refractivity contribution in [3.05, 3.63) is 29.3 Å². The van der Waals surface area contributed by atoms with Gasteiger partial charge >= 0.3 is 0 Å². The molecular formula is C17H28IN3O2. The summed E-state index contributed by atoms with van der Waals surface area (Å²) in [6, 6.07) is 6.15. The molecule has 3 N–H and O–H groups in total. The Hall–Kier alpha value is -0.860. The zero-order chi connectivity index (χ0) is 15.8. The summed E-state index contributed by atoms with van der Waals surface area (Å²) in [6.07, 6.45) is 3.42. The number of nitrogens with one attached hydrogen (secondary N) is 1. The number of hydrogen-bond acceptors (Lipinski definition) is 3. The van der Waals surface area contributed by atoms with Crippen LogP contribution in [0.4, 0.5) is 5.69 Å². The van der Waals surface area contributed by atoms with Gasteiger partial charge in [0.1, 0.15) is 0 Å². The average Bonchev–Trinajstić information content (AvgIpc) is 3.00. The molecule has 23 heavy (non-hydrogen) atoms. The van der Waals surface area contributed by atoms with E-state index in [2.05, 4.69) is 36.3 Å². The number of nitrogens with two attached hydrogens (primary N) is 1. The second kappa shape index (κ2) is 10.8. The molecule has 0 aliphatic carbocycles. The van der Waals surface area contributed by atoms with E-state index in [0.29, 0.717) is 31.8 Å². The van der Waals surface area contributed by atoms with Crippen LogP contribution in [0.3, 0.4) is 0 Å². The Balaban J connectivity index is 0.00000264. The van der Waals surface area contributed by atoms with Crippen LogP contribution in [0.15, 0.2) is 23.2 Å². The van der Waals surface area contributed by atoms with Gasteiger partial charge in [-0.2, -0.15) is 0 Å². The van der Waals surface area contributed by atoms with Crippen LogP contribution in [0.25, 0.3) is 0 Å². The van der Waals surface area contributed by atoms with Crippen molar-refractivity contribution in [3.8, 4) is 0 Å². The molecule has 0 aromatic heterocycles. The molecule has 1 unspecified atom stereocenters. The second-order valence-corrected chi connectivity index (χ2v) is 5.75. The largest absolute Gasteiger partial charge is 0.379 e. The molecule has 5 nitrogen and oxygen atoms in total. The minimum absolute atomic E-state index is 0. The van der Waals surface area contributed by atoms with E-state index in [9.17, 15) is 0 Å². The van der Waals surface area contributed by atoms with Gasteiger partial charge in [0.2, 0.25) is 0 Å². The normalized spacial score (nSPS) is 17.8. The average molecular weight is 433 g/mol. The molecule has 0 amide bonds. The van der Waals surface area contributed by atoms with Crippen molar-refractivity contribution in [2.24, 2.45) is 10.7 Å². The van der Waals surface area contributed by atoms with Gasteiger partial charge in [0, 0.05) is 25.4 Å². The van der Waals surface area contributed by atoms with E-state index >= 15 is 0 Å². The molecule has 1 aromatic rings. The van der Waals surface area contributed by atoms with Gasteiger partial charge < -0.3 is 20.5 Å². The summed E-state index contributed by atoms with van der Waals surface area (Å²) in [6.45, 7) is 7.10. The zero-order valence-electron chi connectivity index (χ0n) is 14.0. The number of ether oxygens (including phenoxy) is 2. The van der Waals surface area contributed by atoms with Gasteiger partial charge in [0.05, 0.1) is 12.7 Å². The van der Waals surface area contributed by atoms with Gasteiger partial charge in [-0.15, -0.1) is 24.0 Å². The summed E-state index contributed by atoms with van der Waals surface area (Å²) in [7, 11) is 0. The minimum atomic E-state index is 0. The fourth-order valence-electron chi connectivity index (χ4n) is 2.36. The standard InChI is InChI=1S/C17H27N3O2.HI/c1-13-6-7-15(11-14(13)2)20-17(18)19-8-4-9-21-12-16-5-3-10-22-16;/h6-7,11,16H,3-5,8-10,12H2,1-2H3,(H3,18,19,20);1H. The van der Waals surface area contributed by atoms with E-state index < -0.39 is 0 Å². The zero-order valence-corrected chi connectivity index (χ0v) is 16.3. The van der Waals surface area contributed by atoms with Crippen molar-refractivity contribution in [1.82, 2.24) is 0 Å². The van der Waals surface area contributed by atoms with Crippen LogP contribution in [0.2, 0.25) is 0 Å². The van der Waals surface area contributed by atoms with Gasteiger partial charge in [-0.05, 0) is 56.4 Å². The van der Waals surface area contributed by atoms with Gasteiger partial charge in [0.25, 0.3) is 0 Å². The first-order valence-electron chi connectivity index (χ1n) is 7.98. The van der Waals surface area contributed by atoms with Crippen LogP contribution < -0.4 is 11.1 Å². The van der Waals surface area contributed by atoms with Gasteiger partial charge in [-0.1, -0.05) is 6.07 Å². The lowest BCUT2D eigenvalue weighted by atomic mass is 10.1. The Morgan fingerprint density at radius 2 is 2.22 bits per heavy atom. The number of hydrogen-bond donors (Lipinski definition) is 2. The number of halogens is 1. The number of nitrogens with zero attached hydrogens (tertiary/aromatic N) is 1. The third kappa shape index (κ3) is 7.50. The molecule has 0 bridgehead atoms. The smallest absolute Gasteiger partial charge is 0.193 e. The Bertz CT molecular complexity index is 503. The number of rotatable bonds is 7. The summed E-state index contributed by atoms with van der Waals surface area (Å²) in [5.41, 5.74) is 9.36. The van der Waals surface area contributed by atoms with E-state index in [1.165, 1.54) is 11.1 Å². The van der Waals surface area contributed by atoms with Crippen molar-refractivity contribution in [2.75, 3.05) is 31.7 Å². The van der Waals surface area contributed by atoms with Crippen molar-refractivity contribution in [2.45, 2.75) is 39.2 Å². The van der Waals surface area contributed by atoms with Crippen LogP contribution in [-0.4, -0.2) is 38.4 Å². The first kappa shape index (κ1) is 20.2. The Morgan fingerprint density at radius 1 is 1.39 bits per heavy atom. The molecule has 0 saturated carbocycles. The third-order valence-electron chi connectivity index (χ3n) is 3.84. The van der Waals surface area contributed by atoms with E-state index in [0.717, 1.165) is 31.6 Å². The van der Waals surface area contributed by atoms with Gasteiger partial charge in [0.15, 0.2) is 5.96 Å². The highest BCUT2D eigenvalue weighted by Gasteiger charge is 2.14. The molecule has 6 heteroatoms. The summed E-state index contributed by atoms with van der Waals surface area (Å²) >= 11 is 0. The van der Waals surface area contributed by atoms with Crippen molar-refractivity contribution in [3.63, 3.8) is 0 Å². The monoisotopic (exact) mass is 433 g/mol. The van der Waals surface area contributed by atoms with Crippen molar-refractivity contribution < 1.29 is 9.47 Å². The predicted octanol–water partition coefficient (Wildman–Crippen LogP) is 3.23. The summed E-state index contributed by atoms with van der Waals surface area (Å²) in [4.78, 5) is 4.31. The second-order valence-electron chi connectivity index (χ2n) is 5.75. The van der Waals surface area contributed by atoms with E-state index in [4.69, 9.17) is 15.2 Å². The SMILES string of the molecule is Cc1ccc(NC(N)=NCCCOCC2CCCO2)cc1C.I. The maximum atomic E-state index is 5.89. The summed E-state index contributed by atoms with van der Waals surface area (Å²) in [5, 5.41) is 3.11. The van der Waals surface area contributed by atoms with Gasteiger partial charge in [-0.3, -0.25) is 4.99 Å². The lowest BCUT2D eigenvalue weighted by Crippen LogP contribution is -2.23. The van der Waals surface area contributed by atoms with E-state index in [1.54, 1.807) is 0 Å². The molecule has 2 rings (SSSR count). The fraction of sp³-hybridized carbons (Fsp3) is 0.588. The molecule has 1 saturated heterocycles. The maximum absolute atomic E-state index is 5.89. The molecule has 1 fully saturated rings. The number of anilines is 1. The van der Waals surface area contributed by atoms with E-state index in [1.807, 2.05) is 6.07 Å². The lowest BCUT2D eigenvalue weighted by Gasteiger charge is -2.10. The van der Waals surface area contributed by atoms with Crippen LogP contribution in [0.5, 0.6) is 0 Å².